The Balaban J connectivity index is 1.68. The molecule has 0 radical (unpaired) electrons. The molecule has 1 amide bonds. The van der Waals surface area contributed by atoms with Crippen LogP contribution in [-0.2, 0) is 9.53 Å². The molecule has 1 saturated carbocycles. The van der Waals surface area contributed by atoms with Gasteiger partial charge in [0.25, 0.3) is 5.91 Å². The van der Waals surface area contributed by atoms with E-state index >= 15 is 0 Å². The molecule has 1 aromatic heterocycles. The smallest absolute Gasteiger partial charge is 0.254 e. The van der Waals surface area contributed by atoms with Gasteiger partial charge in [-0.3, -0.25) is 4.79 Å². The van der Waals surface area contributed by atoms with E-state index in [2.05, 4.69) is 10.4 Å². The Morgan fingerprint density at radius 3 is 2.89 bits per heavy atom. The molecule has 5 heteroatoms. The predicted octanol–water partition coefficient (Wildman–Crippen LogP) is 2.12. The normalized spacial score (nSPS) is 24.6. The average Bonchev–Trinajstić information content (AvgIpc) is 3.11. The highest BCUT2D eigenvalue weighted by Crippen LogP contribution is 2.31. The number of ether oxygens (including phenoxy) is 1. The quantitative estimate of drug-likeness (QED) is 0.892. The van der Waals surface area contributed by atoms with Crippen LogP contribution in [0, 0.1) is 0 Å². The second-order valence-corrected chi connectivity index (χ2v) is 5.09. The SMILES string of the molecule is O=C(Nc1ccnn1C1CCCC1)C1CCCO1. The molecule has 0 aromatic carbocycles. The van der Waals surface area contributed by atoms with Crippen molar-refractivity contribution in [3.05, 3.63) is 12.3 Å². The molecular formula is C13H19N3O2. The number of nitrogens with zero attached hydrogens (tertiary/aromatic N) is 2. The van der Waals surface area contributed by atoms with Crippen LogP contribution < -0.4 is 5.32 Å². The maximum absolute atomic E-state index is 12.0. The van der Waals surface area contributed by atoms with Gasteiger partial charge in [-0.05, 0) is 25.7 Å². The van der Waals surface area contributed by atoms with Crippen LogP contribution in [0.15, 0.2) is 12.3 Å². The topological polar surface area (TPSA) is 56.2 Å². The molecule has 0 bridgehead atoms. The molecule has 1 aromatic rings. The summed E-state index contributed by atoms with van der Waals surface area (Å²) in [6.07, 6.45) is 8.09. The zero-order chi connectivity index (χ0) is 12.4. The molecule has 5 nitrogen and oxygen atoms in total. The van der Waals surface area contributed by atoms with Gasteiger partial charge in [0.1, 0.15) is 11.9 Å². The second kappa shape index (κ2) is 5.10. The Kier molecular flexibility index (Phi) is 3.32. The van der Waals surface area contributed by atoms with Crippen LogP contribution in [0.1, 0.15) is 44.6 Å². The first-order valence-electron chi connectivity index (χ1n) is 6.80. The molecule has 0 spiro atoms. The molecule has 1 aliphatic heterocycles. The Labute approximate surface area is 107 Å². The molecule has 2 aliphatic rings. The monoisotopic (exact) mass is 249 g/mol. The summed E-state index contributed by atoms with van der Waals surface area (Å²) in [5.74, 6) is 0.773. The van der Waals surface area contributed by atoms with Crippen LogP contribution >= 0.6 is 0 Å². The second-order valence-electron chi connectivity index (χ2n) is 5.09. The zero-order valence-corrected chi connectivity index (χ0v) is 10.5. The largest absolute Gasteiger partial charge is 0.368 e. The third kappa shape index (κ3) is 2.27. The van der Waals surface area contributed by atoms with E-state index in [0.29, 0.717) is 12.6 Å². The van der Waals surface area contributed by atoms with Gasteiger partial charge in [-0.2, -0.15) is 5.10 Å². The van der Waals surface area contributed by atoms with Crippen molar-refractivity contribution in [1.82, 2.24) is 9.78 Å². The fraction of sp³-hybridized carbons (Fsp3) is 0.692. The maximum Gasteiger partial charge on any atom is 0.254 e. The fourth-order valence-corrected chi connectivity index (χ4v) is 2.84. The number of carbonyl (C=O) groups excluding carboxylic acids is 1. The number of anilines is 1. The molecule has 1 atom stereocenters. The van der Waals surface area contributed by atoms with Crippen LogP contribution in [-0.4, -0.2) is 28.4 Å². The van der Waals surface area contributed by atoms with Gasteiger partial charge in [0.2, 0.25) is 0 Å². The van der Waals surface area contributed by atoms with Gasteiger partial charge in [-0.25, -0.2) is 4.68 Å². The summed E-state index contributed by atoms with van der Waals surface area (Å²) in [6, 6.07) is 2.31. The third-order valence-corrected chi connectivity index (χ3v) is 3.81. The van der Waals surface area contributed by atoms with Gasteiger partial charge < -0.3 is 10.1 Å². The standard InChI is InChI=1S/C13H19N3O2/c17-13(11-6-3-9-18-11)15-12-7-8-14-16(12)10-4-1-2-5-10/h7-8,10-11H,1-6,9H2,(H,15,17). The van der Waals surface area contributed by atoms with Crippen LogP contribution in [0.2, 0.25) is 0 Å². The highest BCUT2D eigenvalue weighted by molar-refractivity contribution is 5.93. The van der Waals surface area contributed by atoms with Gasteiger partial charge in [0.05, 0.1) is 12.2 Å². The van der Waals surface area contributed by atoms with Crippen molar-refractivity contribution < 1.29 is 9.53 Å². The number of hydrogen-bond acceptors (Lipinski definition) is 3. The van der Waals surface area contributed by atoms with Crippen molar-refractivity contribution in [3.8, 4) is 0 Å². The van der Waals surface area contributed by atoms with Crippen molar-refractivity contribution in [2.75, 3.05) is 11.9 Å². The minimum Gasteiger partial charge on any atom is -0.368 e. The molecule has 2 heterocycles. The summed E-state index contributed by atoms with van der Waals surface area (Å²) in [6.45, 7) is 0.694. The Morgan fingerprint density at radius 1 is 1.33 bits per heavy atom. The summed E-state index contributed by atoms with van der Waals surface area (Å²) in [4.78, 5) is 12.0. The van der Waals surface area contributed by atoms with Crippen LogP contribution in [0.5, 0.6) is 0 Å². The summed E-state index contributed by atoms with van der Waals surface area (Å²) < 4.78 is 7.35. The van der Waals surface area contributed by atoms with Crippen LogP contribution in [0.4, 0.5) is 5.82 Å². The molecule has 3 rings (SSSR count). The molecule has 1 N–H and O–H groups in total. The van der Waals surface area contributed by atoms with E-state index in [1.807, 2.05) is 10.7 Å². The summed E-state index contributed by atoms with van der Waals surface area (Å²) in [5, 5.41) is 7.28. The highest BCUT2D eigenvalue weighted by Gasteiger charge is 2.26. The predicted molar refractivity (Wildman–Crippen MR) is 67.3 cm³/mol. The number of rotatable bonds is 3. The van der Waals surface area contributed by atoms with E-state index in [-0.39, 0.29) is 12.0 Å². The highest BCUT2D eigenvalue weighted by atomic mass is 16.5. The Hall–Kier alpha value is -1.36. The van der Waals surface area contributed by atoms with E-state index < -0.39 is 0 Å². The minimum atomic E-state index is -0.281. The summed E-state index contributed by atoms with van der Waals surface area (Å²) in [7, 11) is 0. The summed E-state index contributed by atoms with van der Waals surface area (Å²) in [5.41, 5.74) is 0. The lowest BCUT2D eigenvalue weighted by Crippen LogP contribution is -2.28. The fourth-order valence-electron chi connectivity index (χ4n) is 2.84. The van der Waals surface area contributed by atoms with Crippen molar-refractivity contribution in [2.45, 2.75) is 50.7 Å². The Morgan fingerprint density at radius 2 is 2.17 bits per heavy atom. The minimum absolute atomic E-state index is 0.0350. The number of carbonyl (C=O) groups is 1. The van der Waals surface area contributed by atoms with E-state index in [4.69, 9.17) is 4.74 Å². The molecule has 1 unspecified atom stereocenters. The van der Waals surface area contributed by atoms with Crippen LogP contribution in [0.3, 0.4) is 0 Å². The average molecular weight is 249 g/mol. The lowest BCUT2D eigenvalue weighted by atomic mass is 10.2. The molecule has 2 fully saturated rings. The first kappa shape index (κ1) is 11.7. The van der Waals surface area contributed by atoms with Gasteiger partial charge in [-0.15, -0.1) is 0 Å². The molecule has 98 valence electrons. The third-order valence-electron chi connectivity index (χ3n) is 3.81. The lowest BCUT2D eigenvalue weighted by Gasteiger charge is -2.16. The van der Waals surface area contributed by atoms with Gasteiger partial charge in [0.15, 0.2) is 0 Å². The number of amides is 1. The van der Waals surface area contributed by atoms with Crippen molar-refractivity contribution >= 4 is 11.7 Å². The maximum atomic E-state index is 12.0. The number of nitrogens with one attached hydrogen (secondary N) is 1. The van der Waals surface area contributed by atoms with E-state index in [0.717, 1.165) is 31.5 Å². The Bertz CT molecular complexity index is 418. The zero-order valence-electron chi connectivity index (χ0n) is 10.5. The van der Waals surface area contributed by atoms with E-state index in [1.165, 1.54) is 12.8 Å². The first-order chi connectivity index (χ1) is 8.84. The number of aromatic nitrogens is 2. The van der Waals surface area contributed by atoms with E-state index in [1.54, 1.807) is 6.20 Å². The van der Waals surface area contributed by atoms with E-state index in [9.17, 15) is 4.79 Å². The molecular weight excluding hydrogens is 230 g/mol. The number of hydrogen-bond donors (Lipinski definition) is 1. The summed E-state index contributed by atoms with van der Waals surface area (Å²) >= 11 is 0. The van der Waals surface area contributed by atoms with Crippen molar-refractivity contribution in [3.63, 3.8) is 0 Å². The lowest BCUT2D eigenvalue weighted by molar-refractivity contribution is -0.124. The molecule has 18 heavy (non-hydrogen) atoms. The van der Waals surface area contributed by atoms with Gasteiger partial charge in [0, 0.05) is 12.7 Å². The first-order valence-corrected chi connectivity index (χ1v) is 6.80. The van der Waals surface area contributed by atoms with Crippen molar-refractivity contribution in [1.29, 1.82) is 0 Å². The molecule has 1 saturated heterocycles. The van der Waals surface area contributed by atoms with Crippen LogP contribution in [0.25, 0.3) is 0 Å². The van der Waals surface area contributed by atoms with Gasteiger partial charge in [-0.1, -0.05) is 12.8 Å². The van der Waals surface area contributed by atoms with Gasteiger partial charge >= 0.3 is 0 Å². The van der Waals surface area contributed by atoms with Crippen molar-refractivity contribution in [2.24, 2.45) is 0 Å². The molecule has 1 aliphatic carbocycles.